The molecule has 2 nitrogen and oxygen atoms in total. The molecule has 0 aliphatic rings. The monoisotopic (exact) mass is 308 g/mol. The number of anilines is 1. The summed E-state index contributed by atoms with van der Waals surface area (Å²) in [5, 5.41) is 13.0. The minimum Gasteiger partial charge on any atom is -0.381 e. The number of halogens is 3. The molecule has 0 atom stereocenters. The Morgan fingerprint density at radius 2 is 1.90 bits per heavy atom. The molecule has 5 heteroatoms. The van der Waals surface area contributed by atoms with Crippen LogP contribution in [-0.2, 0) is 6.54 Å². The van der Waals surface area contributed by atoms with Gasteiger partial charge >= 0.3 is 0 Å². The van der Waals surface area contributed by atoms with Crippen molar-refractivity contribution in [2.24, 2.45) is 0 Å². The first kappa shape index (κ1) is 14.6. The third-order valence-corrected chi connectivity index (χ3v) is 3.70. The van der Waals surface area contributed by atoms with Crippen LogP contribution in [-0.4, -0.2) is 0 Å². The topological polar surface area (TPSA) is 35.8 Å². The van der Waals surface area contributed by atoms with E-state index in [0.29, 0.717) is 27.8 Å². The van der Waals surface area contributed by atoms with Crippen LogP contribution in [0, 0.1) is 24.1 Å². The highest BCUT2D eigenvalue weighted by molar-refractivity contribution is 6.36. The number of nitrogens with zero attached hydrogens (tertiary/aromatic N) is 1. The van der Waals surface area contributed by atoms with E-state index >= 15 is 0 Å². The van der Waals surface area contributed by atoms with Gasteiger partial charge in [-0.25, -0.2) is 4.39 Å². The highest BCUT2D eigenvalue weighted by Gasteiger charge is 2.09. The van der Waals surface area contributed by atoms with Crippen molar-refractivity contribution in [3.63, 3.8) is 0 Å². The smallest absolute Gasteiger partial charge is 0.129 e. The summed E-state index contributed by atoms with van der Waals surface area (Å²) < 4.78 is 13.7. The summed E-state index contributed by atoms with van der Waals surface area (Å²) in [6.07, 6.45) is 0. The van der Waals surface area contributed by atoms with E-state index in [4.69, 9.17) is 28.5 Å². The van der Waals surface area contributed by atoms with Crippen molar-refractivity contribution in [3.8, 4) is 6.07 Å². The molecular formula is C15H11Cl2FN2. The van der Waals surface area contributed by atoms with Gasteiger partial charge in [0, 0.05) is 33.4 Å². The van der Waals surface area contributed by atoms with Gasteiger partial charge in [0.2, 0.25) is 0 Å². The van der Waals surface area contributed by atoms with Gasteiger partial charge in [0.1, 0.15) is 5.82 Å². The lowest BCUT2D eigenvalue weighted by Crippen LogP contribution is -2.04. The van der Waals surface area contributed by atoms with Crippen molar-refractivity contribution in [2.45, 2.75) is 13.5 Å². The second-order valence-electron chi connectivity index (χ2n) is 4.30. The Kier molecular flexibility index (Phi) is 4.49. The molecule has 0 aromatic heterocycles. The van der Waals surface area contributed by atoms with Gasteiger partial charge in [-0.2, -0.15) is 5.26 Å². The summed E-state index contributed by atoms with van der Waals surface area (Å²) in [5.41, 5.74) is 2.00. The largest absolute Gasteiger partial charge is 0.381 e. The highest BCUT2D eigenvalue weighted by atomic mass is 35.5. The number of benzene rings is 2. The van der Waals surface area contributed by atoms with Crippen LogP contribution in [0.25, 0.3) is 0 Å². The first-order valence-electron chi connectivity index (χ1n) is 5.90. The summed E-state index contributed by atoms with van der Waals surface area (Å²) in [7, 11) is 0. The molecule has 102 valence electrons. The SMILES string of the molecule is Cc1c(F)cc(C#N)cc1NCc1c(Cl)cccc1Cl. The molecule has 0 amide bonds. The lowest BCUT2D eigenvalue weighted by molar-refractivity contribution is 0.618. The van der Waals surface area contributed by atoms with Crippen LogP contribution in [0.3, 0.4) is 0 Å². The lowest BCUT2D eigenvalue weighted by Gasteiger charge is -2.12. The van der Waals surface area contributed by atoms with Gasteiger partial charge in [0.05, 0.1) is 11.6 Å². The van der Waals surface area contributed by atoms with E-state index in [1.54, 1.807) is 31.2 Å². The van der Waals surface area contributed by atoms with E-state index < -0.39 is 5.82 Å². The quantitative estimate of drug-likeness (QED) is 0.873. The molecule has 0 unspecified atom stereocenters. The van der Waals surface area contributed by atoms with Gasteiger partial charge in [0.15, 0.2) is 0 Å². The molecule has 1 N–H and O–H groups in total. The van der Waals surface area contributed by atoms with Gasteiger partial charge < -0.3 is 5.32 Å². The maximum absolute atomic E-state index is 13.7. The molecule has 0 bridgehead atoms. The maximum atomic E-state index is 13.7. The Labute approximate surface area is 126 Å². The maximum Gasteiger partial charge on any atom is 0.129 e. The Bertz CT molecular complexity index is 673. The molecular weight excluding hydrogens is 298 g/mol. The third-order valence-electron chi connectivity index (χ3n) is 2.99. The summed E-state index contributed by atoms with van der Waals surface area (Å²) in [6.45, 7) is 2.00. The molecule has 0 aliphatic heterocycles. The highest BCUT2D eigenvalue weighted by Crippen LogP contribution is 2.27. The van der Waals surface area contributed by atoms with E-state index in [1.165, 1.54) is 6.07 Å². The summed E-state index contributed by atoms with van der Waals surface area (Å²) in [4.78, 5) is 0. The Morgan fingerprint density at radius 3 is 2.50 bits per heavy atom. The van der Waals surface area contributed by atoms with Crippen LogP contribution < -0.4 is 5.32 Å². The predicted molar refractivity (Wildman–Crippen MR) is 79.6 cm³/mol. The summed E-state index contributed by atoms with van der Waals surface area (Å²) in [6, 6.07) is 9.97. The number of nitrogens with one attached hydrogen (secondary N) is 1. The van der Waals surface area contributed by atoms with Crippen LogP contribution in [0.1, 0.15) is 16.7 Å². The van der Waals surface area contributed by atoms with Gasteiger partial charge in [-0.1, -0.05) is 29.3 Å². The normalized spacial score (nSPS) is 10.2. The van der Waals surface area contributed by atoms with Crippen molar-refractivity contribution in [1.29, 1.82) is 5.26 Å². The zero-order valence-electron chi connectivity index (χ0n) is 10.7. The molecule has 2 aromatic rings. The fraction of sp³-hybridized carbons (Fsp3) is 0.133. The first-order chi connectivity index (χ1) is 9.52. The molecule has 0 aliphatic carbocycles. The van der Waals surface area contributed by atoms with Gasteiger partial charge in [-0.05, 0) is 31.2 Å². The van der Waals surface area contributed by atoms with Gasteiger partial charge in [-0.3, -0.25) is 0 Å². The molecule has 0 spiro atoms. The molecule has 0 fully saturated rings. The number of hydrogen-bond acceptors (Lipinski definition) is 2. The van der Waals surface area contributed by atoms with Gasteiger partial charge in [-0.15, -0.1) is 0 Å². The fourth-order valence-corrected chi connectivity index (χ4v) is 2.34. The molecule has 0 saturated heterocycles. The zero-order valence-corrected chi connectivity index (χ0v) is 12.2. The van der Waals surface area contributed by atoms with Crippen molar-refractivity contribution < 1.29 is 4.39 Å². The molecule has 0 heterocycles. The third kappa shape index (κ3) is 3.04. The van der Waals surface area contributed by atoms with E-state index in [-0.39, 0.29) is 5.56 Å². The van der Waals surface area contributed by atoms with E-state index in [0.717, 1.165) is 5.56 Å². The minimum absolute atomic E-state index is 0.265. The number of nitriles is 1. The van der Waals surface area contributed by atoms with E-state index in [9.17, 15) is 4.39 Å². The van der Waals surface area contributed by atoms with E-state index in [2.05, 4.69) is 5.32 Å². The Morgan fingerprint density at radius 1 is 1.25 bits per heavy atom. The van der Waals surface area contributed by atoms with Crippen LogP contribution in [0.5, 0.6) is 0 Å². The number of hydrogen-bond donors (Lipinski definition) is 1. The van der Waals surface area contributed by atoms with Crippen molar-refractivity contribution in [3.05, 3.63) is 62.9 Å². The van der Waals surface area contributed by atoms with Crippen LogP contribution in [0.15, 0.2) is 30.3 Å². The average molecular weight is 309 g/mol. The number of rotatable bonds is 3. The lowest BCUT2D eigenvalue weighted by atomic mass is 10.1. The second kappa shape index (κ2) is 6.13. The van der Waals surface area contributed by atoms with Crippen LogP contribution in [0.2, 0.25) is 10.0 Å². The van der Waals surface area contributed by atoms with Gasteiger partial charge in [0.25, 0.3) is 0 Å². The molecule has 2 rings (SSSR count). The molecule has 2 aromatic carbocycles. The standard InChI is InChI=1S/C15H11Cl2FN2/c1-9-14(18)5-10(7-19)6-15(9)20-8-11-12(16)3-2-4-13(11)17/h2-6,20H,8H2,1H3. The molecule has 20 heavy (non-hydrogen) atoms. The summed E-state index contributed by atoms with van der Waals surface area (Å²) in [5.74, 6) is -0.420. The average Bonchev–Trinajstić information content (AvgIpc) is 2.42. The van der Waals surface area contributed by atoms with Crippen molar-refractivity contribution in [2.75, 3.05) is 5.32 Å². The fourth-order valence-electron chi connectivity index (χ4n) is 1.81. The predicted octanol–water partition coefficient (Wildman–Crippen LogP) is 4.92. The van der Waals surface area contributed by atoms with Crippen LogP contribution >= 0.6 is 23.2 Å². The minimum atomic E-state index is -0.420. The zero-order chi connectivity index (χ0) is 14.7. The molecule has 0 saturated carbocycles. The summed E-state index contributed by atoms with van der Waals surface area (Å²) >= 11 is 12.1. The van der Waals surface area contributed by atoms with E-state index in [1.807, 2.05) is 6.07 Å². The van der Waals surface area contributed by atoms with Crippen molar-refractivity contribution in [1.82, 2.24) is 0 Å². The van der Waals surface area contributed by atoms with Crippen molar-refractivity contribution >= 4 is 28.9 Å². The molecule has 0 radical (unpaired) electrons. The Hall–Kier alpha value is -1.76. The first-order valence-corrected chi connectivity index (χ1v) is 6.65. The Balaban J connectivity index is 2.28. The van der Waals surface area contributed by atoms with Crippen LogP contribution in [0.4, 0.5) is 10.1 Å². The second-order valence-corrected chi connectivity index (χ2v) is 5.11.